The first-order valence-electron chi connectivity index (χ1n) is 10.1. The maximum absolute atomic E-state index is 13.3. The van der Waals surface area contributed by atoms with E-state index in [1.165, 1.54) is 31.3 Å². The summed E-state index contributed by atoms with van der Waals surface area (Å²) in [7, 11) is 0. The van der Waals surface area contributed by atoms with Gasteiger partial charge in [-0.15, -0.1) is 0 Å². The molecule has 0 aliphatic carbocycles. The van der Waals surface area contributed by atoms with Crippen molar-refractivity contribution >= 4 is 11.6 Å². The van der Waals surface area contributed by atoms with Crippen LogP contribution in [0, 0.1) is 13.8 Å². The zero-order valence-electron chi connectivity index (χ0n) is 18.4. The van der Waals surface area contributed by atoms with Gasteiger partial charge in [0.1, 0.15) is 11.3 Å². The largest absolute Gasteiger partial charge is 0.438 e. The topological polar surface area (TPSA) is 77.2 Å². The monoisotopic (exact) mass is 445 g/mol. The number of primary amides is 1. The first-order valence-corrected chi connectivity index (χ1v) is 10.1. The third kappa shape index (κ3) is 6.47. The number of aryl methyl sites for hydroxylation is 2. The van der Waals surface area contributed by atoms with Gasteiger partial charge in [-0.1, -0.05) is 43.7 Å². The van der Waals surface area contributed by atoms with Crippen LogP contribution in [0.4, 0.5) is 18.9 Å². The molecule has 0 unspecified atom stereocenters. The zero-order valence-corrected chi connectivity index (χ0v) is 18.4. The van der Waals surface area contributed by atoms with Crippen molar-refractivity contribution in [3.63, 3.8) is 0 Å². The Kier molecular flexibility index (Phi) is 8.23. The van der Waals surface area contributed by atoms with Crippen molar-refractivity contribution in [2.75, 3.05) is 5.32 Å². The summed E-state index contributed by atoms with van der Waals surface area (Å²) < 4.78 is 45.2. The standard InChI is InChI=1S/C22H20F3N3O2.C2H6/c1-13-3-5-15(6-4-13)12-27-19-8-7-16(10-17(19)20(26)29)30-21-18(22(23,24)25)9-14(2)11-28-21;1-2/h3-11,27H,12H2,1-2H3,(H2,26,29);1-2H3. The number of amides is 1. The number of carbonyl (C=O) groups excluding carboxylic acids is 1. The Morgan fingerprint density at radius 1 is 1.03 bits per heavy atom. The van der Waals surface area contributed by atoms with Gasteiger partial charge in [0.2, 0.25) is 5.88 Å². The van der Waals surface area contributed by atoms with Gasteiger partial charge in [-0.25, -0.2) is 4.98 Å². The van der Waals surface area contributed by atoms with Crippen LogP contribution < -0.4 is 15.8 Å². The van der Waals surface area contributed by atoms with Crippen LogP contribution in [0.2, 0.25) is 0 Å². The fourth-order valence-electron chi connectivity index (χ4n) is 2.80. The number of rotatable bonds is 6. The Hall–Kier alpha value is -3.55. The number of nitrogens with one attached hydrogen (secondary N) is 1. The molecule has 5 nitrogen and oxygen atoms in total. The molecule has 0 atom stereocenters. The Labute approximate surface area is 185 Å². The molecule has 3 N–H and O–H groups in total. The number of nitrogens with zero attached hydrogens (tertiary/aromatic N) is 1. The smallest absolute Gasteiger partial charge is 0.421 e. The highest BCUT2D eigenvalue weighted by Crippen LogP contribution is 2.37. The number of hydrogen-bond donors (Lipinski definition) is 2. The van der Waals surface area contributed by atoms with E-state index in [9.17, 15) is 18.0 Å². The first-order chi connectivity index (χ1) is 15.1. The molecular formula is C24H26F3N3O2. The second-order valence-corrected chi connectivity index (χ2v) is 6.88. The second-order valence-electron chi connectivity index (χ2n) is 6.88. The summed E-state index contributed by atoms with van der Waals surface area (Å²) in [5, 5.41) is 3.11. The van der Waals surface area contributed by atoms with Crippen LogP contribution in [0.1, 0.15) is 46.5 Å². The fourth-order valence-corrected chi connectivity index (χ4v) is 2.80. The van der Waals surface area contributed by atoms with Gasteiger partial charge >= 0.3 is 6.18 Å². The van der Waals surface area contributed by atoms with Crippen LogP contribution in [0.25, 0.3) is 0 Å². The van der Waals surface area contributed by atoms with Gasteiger partial charge in [0.05, 0.1) is 5.56 Å². The Bertz CT molecular complexity index is 1070. The quantitative estimate of drug-likeness (QED) is 0.470. The minimum atomic E-state index is -4.63. The molecule has 0 aliphatic rings. The van der Waals surface area contributed by atoms with E-state index in [1.807, 2.05) is 45.0 Å². The third-order valence-electron chi connectivity index (χ3n) is 4.37. The number of anilines is 1. The number of halogens is 3. The summed E-state index contributed by atoms with van der Waals surface area (Å²) in [5.74, 6) is -1.31. The SMILES string of the molecule is CC.Cc1ccc(CNc2ccc(Oc3ncc(C)cc3C(F)(F)F)cc2C(N)=O)cc1. The lowest BCUT2D eigenvalue weighted by Gasteiger charge is -2.15. The Morgan fingerprint density at radius 2 is 1.69 bits per heavy atom. The van der Waals surface area contributed by atoms with Crippen LogP contribution in [-0.4, -0.2) is 10.9 Å². The number of nitrogens with two attached hydrogens (primary N) is 1. The molecule has 0 fully saturated rings. The summed E-state index contributed by atoms with van der Waals surface area (Å²) in [6.45, 7) is 7.93. The Morgan fingerprint density at radius 3 is 2.28 bits per heavy atom. The number of ether oxygens (including phenoxy) is 1. The molecular weight excluding hydrogens is 419 g/mol. The molecule has 0 saturated heterocycles. The molecule has 0 radical (unpaired) electrons. The van der Waals surface area contributed by atoms with Crippen LogP contribution >= 0.6 is 0 Å². The normalized spacial score (nSPS) is 10.7. The summed E-state index contributed by atoms with van der Waals surface area (Å²) in [6, 6.07) is 13.1. The van der Waals surface area contributed by atoms with Crippen LogP contribution in [0.15, 0.2) is 54.7 Å². The molecule has 0 saturated carbocycles. The van der Waals surface area contributed by atoms with Crippen molar-refractivity contribution in [3.05, 3.63) is 82.5 Å². The molecule has 1 heterocycles. The highest BCUT2D eigenvalue weighted by Gasteiger charge is 2.35. The number of pyridine rings is 1. The second kappa shape index (κ2) is 10.7. The van der Waals surface area contributed by atoms with Gasteiger partial charge < -0.3 is 15.8 Å². The number of aromatic nitrogens is 1. The predicted octanol–water partition coefficient (Wildman–Crippen LogP) is 6.25. The highest BCUT2D eigenvalue weighted by atomic mass is 19.4. The number of benzene rings is 2. The van der Waals surface area contributed by atoms with Gasteiger partial charge in [0, 0.05) is 18.4 Å². The van der Waals surface area contributed by atoms with Crippen LogP contribution in [-0.2, 0) is 12.7 Å². The summed E-state index contributed by atoms with van der Waals surface area (Å²) >= 11 is 0. The Balaban J connectivity index is 0.00000176. The molecule has 1 amide bonds. The van der Waals surface area contributed by atoms with Gasteiger partial charge in [0.15, 0.2) is 0 Å². The number of alkyl halides is 3. The average molecular weight is 445 g/mol. The zero-order chi connectivity index (χ0) is 23.9. The van der Waals surface area contributed by atoms with E-state index in [2.05, 4.69) is 10.3 Å². The molecule has 1 aromatic heterocycles. The van der Waals surface area contributed by atoms with E-state index >= 15 is 0 Å². The van der Waals surface area contributed by atoms with Crippen molar-refractivity contribution in [2.45, 2.75) is 40.4 Å². The number of hydrogen-bond acceptors (Lipinski definition) is 4. The lowest BCUT2D eigenvalue weighted by molar-refractivity contribution is -0.138. The van der Waals surface area contributed by atoms with Gasteiger partial charge in [0.25, 0.3) is 5.91 Å². The summed E-state index contributed by atoms with van der Waals surface area (Å²) in [5.41, 5.74) is 7.48. The molecule has 2 aromatic carbocycles. The van der Waals surface area contributed by atoms with E-state index in [1.54, 1.807) is 0 Å². The van der Waals surface area contributed by atoms with Crippen molar-refractivity contribution in [2.24, 2.45) is 5.73 Å². The molecule has 170 valence electrons. The minimum Gasteiger partial charge on any atom is -0.438 e. The summed E-state index contributed by atoms with van der Waals surface area (Å²) in [6.07, 6.45) is -3.35. The van der Waals surface area contributed by atoms with E-state index in [0.717, 1.165) is 17.2 Å². The van der Waals surface area contributed by atoms with E-state index in [4.69, 9.17) is 10.5 Å². The van der Waals surface area contributed by atoms with E-state index in [-0.39, 0.29) is 11.3 Å². The average Bonchev–Trinajstić information content (AvgIpc) is 2.75. The van der Waals surface area contributed by atoms with Gasteiger partial charge in [-0.05, 0) is 49.2 Å². The van der Waals surface area contributed by atoms with Crippen LogP contribution in [0.5, 0.6) is 11.6 Å². The molecule has 8 heteroatoms. The van der Waals surface area contributed by atoms with Crippen molar-refractivity contribution in [3.8, 4) is 11.6 Å². The highest BCUT2D eigenvalue weighted by molar-refractivity contribution is 5.99. The molecule has 0 bridgehead atoms. The van der Waals surface area contributed by atoms with E-state index in [0.29, 0.717) is 17.8 Å². The van der Waals surface area contributed by atoms with Crippen molar-refractivity contribution in [1.82, 2.24) is 4.98 Å². The lowest BCUT2D eigenvalue weighted by atomic mass is 10.1. The fraction of sp³-hybridized carbons (Fsp3) is 0.250. The number of carbonyl (C=O) groups is 1. The van der Waals surface area contributed by atoms with Crippen molar-refractivity contribution < 1.29 is 22.7 Å². The van der Waals surface area contributed by atoms with Crippen molar-refractivity contribution in [1.29, 1.82) is 0 Å². The summed E-state index contributed by atoms with van der Waals surface area (Å²) in [4.78, 5) is 15.6. The molecule has 0 spiro atoms. The molecule has 3 rings (SSSR count). The maximum Gasteiger partial charge on any atom is 0.421 e. The van der Waals surface area contributed by atoms with Gasteiger partial charge in [-0.2, -0.15) is 13.2 Å². The lowest BCUT2D eigenvalue weighted by Crippen LogP contribution is -2.15. The minimum absolute atomic E-state index is 0.0199. The molecule has 3 aromatic rings. The predicted molar refractivity (Wildman–Crippen MR) is 119 cm³/mol. The maximum atomic E-state index is 13.3. The van der Waals surface area contributed by atoms with Gasteiger partial charge in [-0.3, -0.25) is 4.79 Å². The van der Waals surface area contributed by atoms with Crippen LogP contribution in [0.3, 0.4) is 0 Å². The first kappa shape index (κ1) is 24.7. The third-order valence-corrected chi connectivity index (χ3v) is 4.37. The molecule has 0 aliphatic heterocycles. The van der Waals surface area contributed by atoms with E-state index < -0.39 is 23.5 Å². The molecule has 32 heavy (non-hydrogen) atoms.